The van der Waals surface area contributed by atoms with E-state index >= 15 is 0 Å². The molecule has 0 saturated carbocycles. The Morgan fingerprint density at radius 1 is 1.47 bits per heavy atom. The highest BCUT2D eigenvalue weighted by atomic mass is 32.2. The van der Waals surface area contributed by atoms with Gasteiger partial charge in [0.1, 0.15) is 4.90 Å². The number of hydrogen-bond donors (Lipinski definition) is 2. The standard InChI is InChI=1S/C10H13N3O2S2/c1-7-10(8(2)13-12-7)17(14,15)11-6-9-4-3-5-16-9/h3-5,11H,6H2,1-2H3,(H,12,13). The second-order valence-corrected chi connectivity index (χ2v) is 6.40. The van der Waals surface area contributed by atoms with Gasteiger partial charge in [-0.1, -0.05) is 6.07 Å². The first-order valence-electron chi connectivity index (χ1n) is 5.04. The van der Waals surface area contributed by atoms with E-state index in [-0.39, 0.29) is 4.90 Å². The molecule has 0 fully saturated rings. The Morgan fingerprint density at radius 3 is 2.76 bits per heavy atom. The highest BCUT2D eigenvalue weighted by molar-refractivity contribution is 7.89. The predicted octanol–water partition coefficient (Wildman–Crippen LogP) is 1.57. The van der Waals surface area contributed by atoms with E-state index in [4.69, 9.17) is 0 Å². The molecule has 0 aliphatic carbocycles. The Balaban J connectivity index is 2.20. The van der Waals surface area contributed by atoms with Crippen LogP contribution in [0.5, 0.6) is 0 Å². The maximum atomic E-state index is 12.1. The van der Waals surface area contributed by atoms with Crippen LogP contribution in [0.3, 0.4) is 0 Å². The predicted molar refractivity (Wildman–Crippen MR) is 66.4 cm³/mol. The van der Waals surface area contributed by atoms with Crippen LogP contribution in [0.4, 0.5) is 0 Å². The van der Waals surface area contributed by atoms with Crippen molar-refractivity contribution in [2.75, 3.05) is 0 Å². The number of hydrogen-bond acceptors (Lipinski definition) is 4. The molecule has 17 heavy (non-hydrogen) atoms. The minimum absolute atomic E-state index is 0.244. The highest BCUT2D eigenvalue weighted by Gasteiger charge is 2.21. The van der Waals surface area contributed by atoms with Gasteiger partial charge < -0.3 is 0 Å². The van der Waals surface area contributed by atoms with E-state index in [2.05, 4.69) is 14.9 Å². The maximum Gasteiger partial charge on any atom is 0.244 e. The minimum Gasteiger partial charge on any atom is -0.281 e. The lowest BCUT2D eigenvalue weighted by atomic mass is 10.4. The number of rotatable bonds is 4. The van der Waals surface area contributed by atoms with E-state index < -0.39 is 10.0 Å². The van der Waals surface area contributed by atoms with Crippen molar-refractivity contribution < 1.29 is 8.42 Å². The van der Waals surface area contributed by atoms with Crippen LogP contribution in [0, 0.1) is 13.8 Å². The van der Waals surface area contributed by atoms with Gasteiger partial charge in [0.05, 0.1) is 11.4 Å². The van der Waals surface area contributed by atoms with E-state index in [1.54, 1.807) is 13.8 Å². The molecular weight excluding hydrogens is 258 g/mol. The number of H-pyrrole nitrogens is 1. The summed E-state index contributed by atoms with van der Waals surface area (Å²) in [6, 6.07) is 3.78. The van der Waals surface area contributed by atoms with Crippen molar-refractivity contribution in [3.8, 4) is 0 Å². The van der Waals surface area contributed by atoms with Crippen molar-refractivity contribution in [2.24, 2.45) is 0 Å². The number of nitrogens with zero attached hydrogens (tertiary/aromatic N) is 1. The van der Waals surface area contributed by atoms with Crippen molar-refractivity contribution in [1.82, 2.24) is 14.9 Å². The Bertz CT molecular complexity index is 580. The summed E-state index contributed by atoms with van der Waals surface area (Å²) >= 11 is 1.52. The molecule has 2 rings (SSSR count). The van der Waals surface area contributed by atoms with Crippen molar-refractivity contribution >= 4 is 21.4 Å². The maximum absolute atomic E-state index is 12.1. The summed E-state index contributed by atoms with van der Waals surface area (Å²) in [4.78, 5) is 1.22. The molecule has 2 heterocycles. The number of aromatic nitrogens is 2. The van der Waals surface area contributed by atoms with Gasteiger partial charge in [0, 0.05) is 11.4 Å². The Kier molecular flexibility index (Phi) is 3.32. The third-order valence-corrected chi connectivity index (χ3v) is 4.89. The number of thiophene rings is 1. The van der Waals surface area contributed by atoms with Crippen LogP contribution < -0.4 is 4.72 Å². The third kappa shape index (κ3) is 2.56. The Hall–Kier alpha value is -1.18. The lowest BCUT2D eigenvalue weighted by Gasteiger charge is -2.05. The number of sulfonamides is 1. The molecule has 0 aliphatic heterocycles. The fourth-order valence-corrected chi connectivity index (χ4v) is 3.70. The Morgan fingerprint density at radius 2 is 2.24 bits per heavy atom. The van der Waals surface area contributed by atoms with E-state index in [1.165, 1.54) is 11.3 Å². The first-order valence-corrected chi connectivity index (χ1v) is 7.40. The molecule has 0 spiro atoms. The van der Waals surface area contributed by atoms with Crippen LogP contribution in [0.1, 0.15) is 16.3 Å². The summed E-state index contributed by atoms with van der Waals surface area (Å²) in [5.41, 5.74) is 1.04. The van der Waals surface area contributed by atoms with Crippen LogP contribution in [0.25, 0.3) is 0 Å². The molecule has 0 unspecified atom stereocenters. The van der Waals surface area contributed by atoms with E-state index in [0.29, 0.717) is 17.9 Å². The average molecular weight is 271 g/mol. The van der Waals surface area contributed by atoms with Crippen molar-refractivity contribution in [3.63, 3.8) is 0 Å². The monoisotopic (exact) mass is 271 g/mol. The highest BCUT2D eigenvalue weighted by Crippen LogP contribution is 2.17. The lowest BCUT2D eigenvalue weighted by Crippen LogP contribution is -2.23. The quantitative estimate of drug-likeness (QED) is 0.886. The topological polar surface area (TPSA) is 74.8 Å². The van der Waals surface area contributed by atoms with Crippen LogP contribution in [0.15, 0.2) is 22.4 Å². The van der Waals surface area contributed by atoms with Crippen LogP contribution in [-0.2, 0) is 16.6 Å². The largest absolute Gasteiger partial charge is 0.281 e. The van der Waals surface area contributed by atoms with E-state index in [1.807, 2.05) is 17.5 Å². The molecule has 0 aromatic carbocycles. The minimum atomic E-state index is -3.49. The Labute approximate surface area is 104 Å². The second-order valence-electron chi connectivity index (χ2n) is 3.67. The summed E-state index contributed by atoms with van der Waals surface area (Å²) in [5.74, 6) is 0. The van der Waals surface area contributed by atoms with Gasteiger partial charge in [-0.25, -0.2) is 13.1 Å². The molecule has 5 nitrogen and oxygen atoms in total. The molecule has 2 N–H and O–H groups in total. The van der Waals surface area contributed by atoms with Gasteiger partial charge in [-0.05, 0) is 25.3 Å². The third-order valence-electron chi connectivity index (χ3n) is 2.35. The zero-order chi connectivity index (χ0) is 12.5. The molecule has 7 heteroatoms. The van der Waals surface area contributed by atoms with Gasteiger partial charge in [0.25, 0.3) is 0 Å². The average Bonchev–Trinajstić information content (AvgIpc) is 2.86. The summed E-state index contributed by atoms with van der Waals surface area (Å²) in [7, 11) is -3.49. The molecule has 0 atom stereocenters. The van der Waals surface area contributed by atoms with Gasteiger partial charge in [-0.15, -0.1) is 11.3 Å². The smallest absolute Gasteiger partial charge is 0.244 e. The lowest BCUT2D eigenvalue weighted by molar-refractivity contribution is 0.580. The molecule has 92 valence electrons. The summed E-state index contributed by atoms with van der Waals surface area (Å²) in [6.07, 6.45) is 0. The summed E-state index contributed by atoms with van der Waals surface area (Å²) in [6.45, 7) is 3.67. The number of aryl methyl sites for hydroxylation is 2. The number of nitrogens with one attached hydrogen (secondary N) is 2. The fraction of sp³-hybridized carbons (Fsp3) is 0.300. The first-order chi connectivity index (χ1) is 8.00. The van der Waals surface area contributed by atoms with Gasteiger partial charge >= 0.3 is 0 Å². The normalized spacial score (nSPS) is 11.9. The molecule has 0 saturated heterocycles. The SMILES string of the molecule is Cc1n[nH]c(C)c1S(=O)(=O)NCc1cccs1. The van der Waals surface area contributed by atoms with Crippen molar-refractivity contribution in [1.29, 1.82) is 0 Å². The molecule has 0 aliphatic rings. The first kappa shape index (κ1) is 12.3. The molecule has 0 radical (unpaired) electrons. The second kappa shape index (κ2) is 4.59. The van der Waals surface area contributed by atoms with Crippen LogP contribution >= 0.6 is 11.3 Å². The van der Waals surface area contributed by atoms with Crippen LogP contribution in [0.2, 0.25) is 0 Å². The molecule has 0 bridgehead atoms. The zero-order valence-electron chi connectivity index (χ0n) is 9.52. The summed E-state index contributed by atoms with van der Waals surface area (Å²) < 4.78 is 26.7. The van der Waals surface area contributed by atoms with Gasteiger partial charge in [0.15, 0.2) is 0 Å². The van der Waals surface area contributed by atoms with E-state index in [9.17, 15) is 8.42 Å². The number of aromatic amines is 1. The molecule has 0 amide bonds. The fourth-order valence-electron chi connectivity index (χ4n) is 1.59. The van der Waals surface area contributed by atoms with E-state index in [0.717, 1.165) is 4.88 Å². The summed E-state index contributed by atoms with van der Waals surface area (Å²) in [5, 5.41) is 8.47. The van der Waals surface area contributed by atoms with Gasteiger partial charge in [-0.3, -0.25) is 5.10 Å². The van der Waals surface area contributed by atoms with Gasteiger partial charge in [0.2, 0.25) is 10.0 Å². The molecular formula is C10H13N3O2S2. The molecule has 2 aromatic heterocycles. The zero-order valence-corrected chi connectivity index (χ0v) is 11.2. The van der Waals surface area contributed by atoms with Crippen LogP contribution in [-0.4, -0.2) is 18.6 Å². The van der Waals surface area contributed by atoms with Gasteiger partial charge in [-0.2, -0.15) is 5.10 Å². The van der Waals surface area contributed by atoms with Crippen molar-refractivity contribution in [3.05, 3.63) is 33.8 Å². The molecule has 2 aromatic rings. The van der Waals surface area contributed by atoms with Crippen molar-refractivity contribution in [2.45, 2.75) is 25.3 Å².